The molecule has 2 saturated heterocycles. The highest BCUT2D eigenvalue weighted by atomic mass is 16.5. The van der Waals surface area contributed by atoms with Gasteiger partial charge in [0, 0.05) is 6.04 Å². The van der Waals surface area contributed by atoms with Crippen LogP contribution >= 0.6 is 0 Å². The van der Waals surface area contributed by atoms with Gasteiger partial charge in [-0.1, -0.05) is 91.0 Å². The van der Waals surface area contributed by atoms with Crippen LogP contribution in [0.5, 0.6) is 0 Å². The van der Waals surface area contributed by atoms with Crippen LogP contribution in [0.2, 0.25) is 0 Å². The van der Waals surface area contributed by atoms with Gasteiger partial charge in [0.2, 0.25) is 0 Å². The summed E-state index contributed by atoms with van der Waals surface area (Å²) < 4.78 is 19.4. The highest BCUT2D eigenvalue weighted by Gasteiger charge is 2.55. The normalized spacial score (nSPS) is 25.9. The summed E-state index contributed by atoms with van der Waals surface area (Å²) in [6, 6.07) is 33.2. The first kappa shape index (κ1) is 23.7. The quantitative estimate of drug-likeness (QED) is 0.414. The fraction of sp³-hybridized carbons (Fsp3) is 0.367. The minimum atomic E-state index is -0.184. The molecular formula is C30H32N2O3. The Labute approximate surface area is 207 Å². The van der Waals surface area contributed by atoms with Crippen LogP contribution in [0, 0.1) is 11.3 Å². The SMILES string of the molecule is N#C[C@H]1CC[C@H]2[C@H](OCc3ccccc3)[C@@H](OCc3ccccc3)[C@H](COCc3ccccc3)N12. The van der Waals surface area contributed by atoms with E-state index in [2.05, 4.69) is 47.4 Å². The van der Waals surface area contributed by atoms with Crippen molar-refractivity contribution in [2.75, 3.05) is 6.61 Å². The fourth-order valence-corrected chi connectivity index (χ4v) is 5.41. The molecule has 3 aromatic carbocycles. The first-order valence-corrected chi connectivity index (χ1v) is 12.4. The van der Waals surface area contributed by atoms with E-state index in [0.29, 0.717) is 26.4 Å². The first-order valence-electron chi connectivity index (χ1n) is 12.4. The van der Waals surface area contributed by atoms with Gasteiger partial charge in [-0.2, -0.15) is 5.26 Å². The van der Waals surface area contributed by atoms with E-state index < -0.39 is 0 Å². The number of nitriles is 1. The molecule has 5 rings (SSSR count). The maximum atomic E-state index is 9.91. The number of hydrogen-bond acceptors (Lipinski definition) is 5. The van der Waals surface area contributed by atoms with E-state index in [-0.39, 0.29) is 30.3 Å². The van der Waals surface area contributed by atoms with Gasteiger partial charge in [-0.05, 0) is 29.5 Å². The molecule has 0 saturated carbocycles. The Morgan fingerprint density at radius 1 is 0.686 bits per heavy atom. The molecule has 0 spiro atoms. The van der Waals surface area contributed by atoms with Crippen molar-refractivity contribution in [2.45, 2.75) is 63.0 Å². The van der Waals surface area contributed by atoms with Gasteiger partial charge in [-0.15, -0.1) is 0 Å². The summed E-state index contributed by atoms with van der Waals surface area (Å²) >= 11 is 0. The van der Waals surface area contributed by atoms with E-state index in [0.717, 1.165) is 29.5 Å². The van der Waals surface area contributed by atoms with Gasteiger partial charge in [0.25, 0.3) is 0 Å². The van der Waals surface area contributed by atoms with Crippen LogP contribution in [0.4, 0.5) is 0 Å². The maximum absolute atomic E-state index is 9.91. The standard InChI is InChI=1S/C30H32N2O3/c31-18-26-16-17-27-29(34-20-24-12-6-2-7-13-24)30(35-21-25-14-8-3-9-15-25)28(32(26)27)22-33-19-23-10-4-1-5-11-23/h1-15,26-30H,16-17,19-22H2/t26-,27+,28+,29+,30+/m1/s1. The molecule has 0 radical (unpaired) electrons. The molecule has 2 aliphatic heterocycles. The lowest BCUT2D eigenvalue weighted by atomic mass is 10.0. The van der Waals surface area contributed by atoms with Crippen LogP contribution < -0.4 is 0 Å². The van der Waals surface area contributed by atoms with Crippen molar-refractivity contribution in [3.8, 4) is 6.07 Å². The second-order valence-corrected chi connectivity index (χ2v) is 9.33. The fourth-order valence-electron chi connectivity index (χ4n) is 5.41. The smallest absolute Gasteiger partial charge is 0.103 e. The van der Waals surface area contributed by atoms with E-state index in [1.54, 1.807) is 0 Å². The van der Waals surface area contributed by atoms with Crippen LogP contribution in [-0.4, -0.2) is 41.8 Å². The highest BCUT2D eigenvalue weighted by Crippen LogP contribution is 2.40. The van der Waals surface area contributed by atoms with Crippen LogP contribution in [0.15, 0.2) is 91.0 Å². The molecule has 5 heteroatoms. The number of nitrogens with zero attached hydrogens (tertiary/aromatic N) is 2. The Morgan fingerprint density at radius 3 is 1.74 bits per heavy atom. The van der Waals surface area contributed by atoms with Crippen LogP contribution in [0.1, 0.15) is 29.5 Å². The predicted molar refractivity (Wildman–Crippen MR) is 134 cm³/mol. The highest BCUT2D eigenvalue weighted by molar-refractivity contribution is 5.18. The molecule has 5 atom stereocenters. The zero-order chi connectivity index (χ0) is 23.9. The number of ether oxygens (including phenoxy) is 3. The van der Waals surface area contributed by atoms with Gasteiger partial charge in [0.1, 0.15) is 12.2 Å². The summed E-state index contributed by atoms with van der Waals surface area (Å²) in [6.07, 6.45) is 1.48. The Bertz CT molecular complexity index is 1090. The van der Waals surface area contributed by atoms with Gasteiger partial charge in [-0.3, -0.25) is 4.90 Å². The minimum Gasteiger partial charge on any atom is -0.375 e. The number of rotatable bonds is 10. The largest absolute Gasteiger partial charge is 0.375 e. The molecule has 35 heavy (non-hydrogen) atoms. The molecule has 3 aromatic rings. The van der Waals surface area contributed by atoms with E-state index in [4.69, 9.17) is 14.2 Å². The second-order valence-electron chi connectivity index (χ2n) is 9.33. The van der Waals surface area contributed by atoms with Crippen molar-refractivity contribution in [3.63, 3.8) is 0 Å². The van der Waals surface area contributed by atoms with Crippen molar-refractivity contribution in [1.29, 1.82) is 5.26 Å². The maximum Gasteiger partial charge on any atom is 0.103 e. The zero-order valence-electron chi connectivity index (χ0n) is 19.9. The van der Waals surface area contributed by atoms with Crippen molar-refractivity contribution in [3.05, 3.63) is 108 Å². The Kier molecular flexibility index (Phi) is 7.87. The van der Waals surface area contributed by atoms with E-state index in [1.165, 1.54) is 0 Å². The van der Waals surface area contributed by atoms with Crippen LogP contribution in [0.25, 0.3) is 0 Å². The Morgan fingerprint density at radius 2 is 1.20 bits per heavy atom. The van der Waals surface area contributed by atoms with Crippen molar-refractivity contribution in [2.24, 2.45) is 0 Å². The summed E-state index contributed by atoms with van der Waals surface area (Å²) in [7, 11) is 0. The van der Waals surface area contributed by atoms with Gasteiger partial charge >= 0.3 is 0 Å². The molecule has 5 nitrogen and oxygen atoms in total. The topological polar surface area (TPSA) is 54.7 Å². The number of fused-ring (bicyclic) bond motifs is 1. The molecule has 0 N–H and O–H groups in total. The van der Waals surface area contributed by atoms with Gasteiger partial charge < -0.3 is 14.2 Å². The van der Waals surface area contributed by atoms with Crippen molar-refractivity contribution < 1.29 is 14.2 Å². The first-order chi connectivity index (χ1) is 17.3. The molecule has 0 aromatic heterocycles. The van der Waals surface area contributed by atoms with Gasteiger partial charge in [0.15, 0.2) is 0 Å². The molecule has 0 unspecified atom stereocenters. The molecule has 180 valence electrons. The third kappa shape index (κ3) is 5.63. The van der Waals surface area contributed by atoms with Crippen LogP contribution in [-0.2, 0) is 34.0 Å². The third-order valence-corrected chi connectivity index (χ3v) is 7.06. The Balaban J connectivity index is 1.35. The van der Waals surface area contributed by atoms with E-state index >= 15 is 0 Å². The minimum absolute atomic E-state index is 0.0413. The summed E-state index contributed by atoms with van der Waals surface area (Å²) in [5.41, 5.74) is 3.40. The monoisotopic (exact) mass is 468 g/mol. The summed E-state index contributed by atoms with van der Waals surface area (Å²) in [6.45, 7) is 2.06. The predicted octanol–water partition coefficient (Wildman–Crippen LogP) is 5.11. The average Bonchev–Trinajstić information content (AvgIpc) is 3.46. The number of hydrogen-bond donors (Lipinski definition) is 0. The Hall–Kier alpha value is -3.01. The molecule has 0 bridgehead atoms. The average molecular weight is 469 g/mol. The van der Waals surface area contributed by atoms with Crippen molar-refractivity contribution >= 4 is 0 Å². The second kappa shape index (κ2) is 11.6. The molecule has 2 fully saturated rings. The van der Waals surface area contributed by atoms with Crippen molar-refractivity contribution in [1.82, 2.24) is 4.90 Å². The van der Waals surface area contributed by atoms with Crippen LogP contribution in [0.3, 0.4) is 0 Å². The number of benzene rings is 3. The lowest BCUT2D eigenvalue weighted by molar-refractivity contribution is -0.0882. The molecule has 2 aliphatic rings. The molecule has 2 heterocycles. The van der Waals surface area contributed by atoms with Gasteiger partial charge in [-0.25, -0.2) is 0 Å². The van der Waals surface area contributed by atoms with E-state index in [1.807, 2.05) is 54.6 Å². The lowest BCUT2D eigenvalue weighted by Gasteiger charge is -2.29. The zero-order valence-corrected chi connectivity index (χ0v) is 19.9. The summed E-state index contributed by atoms with van der Waals surface area (Å²) in [5, 5.41) is 9.91. The molecule has 0 aliphatic carbocycles. The summed E-state index contributed by atoms with van der Waals surface area (Å²) in [4.78, 5) is 2.32. The van der Waals surface area contributed by atoms with Gasteiger partial charge in [0.05, 0.1) is 44.6 Å². The molecular weight excluding hydrogens is 436 g/mol. The van der Waals surface area contributed by atoms with E-state index in [9.17, 15) is 5.26 Å². The third-order valence-electron chi connectivity index (χ3n) is 7.06. The molecule has 0 amide bonds. The lowest BCUT2D eigenvalue weighted by Crippen LogP contribution is -2.44. The summed E-state index contributed by atoms with van der Waals surface area (Å²) in [5.74, 6) is 0.